The van der Waals surface area contributed by atoms with Gasteiger partial charge in [-0.3, -0.25) is 14.3 Å². The molecule has 7 nitrogen and oxygen atoms in total. The number of likely N-dealkylation sites (N-methyl/N-ethyl adjacent to an activating group) is 1. The molecule has 1 fully saturated rings. The molecule has 1 atom stereocenters. The fraction of sp³-hybridized carbons (Fsp3) is 0.389. The largest absolute Gasteiger partial charge is 0.484 e. The van der Waals surface area contributed by atoms with Crippen LogP contribution in [0.25, 0.3) is 0 Å². The van der Waals surface area contributed by atoms with Crippen LogP contribution in [0.2, 0.25) is 5.02 Å². The third-order valence-electron chi connectivity index (χ3n) is 4.57. The third-order valence-corrected chi connectivity index (χ3v) is 4.81. The van der Waals surface area contributed by atoms with Crippen LogP contribution in [0.5, 0.6) is 5.75 Å². The lowest BCUT2D eigenvalue weighted by atomic mass is 9.88. The number of nitrogens with one attached hydrogen (secondary N) is 1. The molecule has 2 amide bonds. The Bertz CT molecular complexity index is 781. The fourth-order valence-corrected chi connectivity index (χ4v) is 3.45. The number of carbonyl (C=O) groups excluding carboxylic acids is 2. The van der Waals surface area contributed by atoms with E-state index in [-0.39, 0.29) is 25.0 Å². The Kier molecular flexibility index (Phi) is 5.46. The molecule has 0 aliphatic carbocycles. The molecule has 1 unspecified atom stereocenters. The van der Waals surface area contributed by atoms with Gasteiger partial charge < -0.3 is 15.0 Å². The summed E-state index contributed by atoms with van der Waals surface area (Å²) in [7, 11) is 1.59. The van der Waals surface area contributed by atoms with Gasteiger partial charge in [-0.2, -0.15) is 5.10 Å². The number of halogens is 1. The van der Waals surface area contributed by atoms with Crippen molar-refractivity contribution in [1.82, 2.24) is 20.0 Å². The first-order chi connectivity index (χ1) is 12.5. The summed E-state index contributed by atoms with van der Waals surface area (Å²) in [5.74, 6) is 0.201. The SMILES string of the molecule is CNC(=O)C1(n2cccn2)CCCN(C(=O)COc2cccc(Cl)c2)C1. The number of benzene rings is 1. The summed E-state index contributed by atoms with van der Waals surface area (Å²) < 4.78 is 7.19. The molecule has 1 aromatic carbocycles. The normalized spacial score (nSPS) is 19.8. The molecule has 1 N–H and O–H groups in total. The van der Waals surface area contributed by atoms with Crippen molar-refractivity contribution < 1.29 is 14.3 Å². The van der Waals surface area contributed by atoms with E-state index in [2.05, 4.69) is 10.4 Å². The van der Waals surface area contributed by atoms with Crippen LogP contribution >= 0.6 is 11.6 Å². The van der Waals surface area contributed by atoms with E-state index in [9.17, 15) is 9.59 Å². The highest BCUT2D eigenvalue weighted by Gasteiger charge is 2.45. The fourth-order valence-electron chi connectivity index (χ4n) is 3.27. The molecular weight excluding hydrogens is 356 g/mol. The Hall–Kier alpha value is -2.54. The van der Waals surface area contributed by atoms with Crippen LogP contribution in [0, 0.1) is 0 Å². The monoisotopic (exact) mass is 376 g/mol. The Morgan fingerprint density at radius 2 is 2.23 bits per heavy atom. The Morgan fingerprint density at radius 1 is 1.38 bits per heavy atom. The summed E-state index contributed by atoms with van der Waals surface area (Å²) >= 11 is 5.92. The van der Waals surface area contributed by atoms with Crippen molar-refractivity contribution in [2.45, 2.75) is 18.4 Å². The van der Waals surface area contributed by atoms with Crippen molar-refractivity contribution in [3.05, 3.63) is 47.7 Å². The molecular formula is C18H21ClN4O3. The summed E-state index contributed by atoms with van der Waals surface area (Å²) in [5.41, 5.74) is -0.901. The van der Waals surface area contributed by atoms with Crippen LogP contribution in [0.1, 0.15) is 12.8 Å². The van der Waals surface area contributed by atoms with Gasteiger partial charge in [0, 0.05) is 31.0 Å². The zero-order valence-electron chi connectivity index (χ0n) is 14.5. The minimum Gasteiger partial charge on any atom is -0.484 e. The molecule has 8 heteroatoms. The smallest absolute Gasteiger partial charge is 0.260 e. The van der Waals surface area contributed by atoms with Crippen molar-refractivity contribution >= 4 is 23.4 Å². The average Bonchev–Trinajstić information content (AvgIpc) is 3.21. The van der Waals surface area contributed by atoms with E-state index in [1.54, 1.807) is 59.4 Å². The molecule has 138 valence electrons. The van der Waals surface area contributed by atoms with Crippen molar-refractivity contribution in [2.75, 3.05) is 26.7 Å². The number of aromatic nitrogens is 2. The van der Waals surface area contributed by atoms with Gasteiger partial charge in [-0.25, -0.2) is 0 Å². The second-order valence-corrected chi connectivity index (χ2v) is 6.66. The van der Waals surface area contributed by atoms with E-state index >= 15 is 0 Å². The highest BCUT2D eigenvalue weighted by molar-refractivity contribution is 6.30. The second kappa shape index (κ2) is 7.78. The van der Waals surface area contributed by atoms with Gasteiger partial charge >= 0.3 is 0 Å². The topological polar surface area (TPSA) is 76.5 Å². The first-order valence-corrected chi connectivity index (χ1v) is 8.81. The molecule has 0 saturated carbocycles. The molecule has 0 radical (unpaired) electrons. The summed E-state index contributed by atoms with van der Waals surface area (Å²) in [6, 6.07) is 8.67. The molecule has 0 bridgehead atoms. The number of rotatable bonds is 5. The van der Waals surface area contributed by atoms with Crippen molar-refractivity contribution in [3.63, 3.8) is 0 Å². The van der Waals surface area contributed by atoms with Gasteiger partial charge in [-0.15, -0.1) is 0 Å². The average molecular weight is 377 g/mol. The summed E-state index contributed by atoms with van der Waals surface area (Å²) in [6.45, 7) is 0.729. The summed E-state index contributed by atoms with van der Waals surface area (Å²) in [4.78, 5) is 26.9. The lowest BCUT2D eigenvalue weighted by molar-refractivity contribution is -0.142. The molecule has 1 aliphatic rings. The van der Waals surface area contributed by atoms with E-state index in [4.69, 9.17) is 16.3 Å². The van der Waals surface area contributed by atoms with E-state index in [1.807, 2.05) is 0 Å². The lowest BCUT2D eigenvalue weighted by Crippen LogP contribution is -2.59. The highest BCUT2D eigenvalue weighted by Crippen LogP contribution is 2.29. The summed E-state index contributed by atoms with van der Waals surface area (Å²) in [5, 5.41) is 7.50. The van der Waals surface area contributed by atoms with Crippen LogP contribution in [0.4, 0.5) is 0 Å². The minimum atomic E-state index is -0.901. The van der Waals surface area contributed by atoms with Crippen molar-refractivity contribution in [1.29, 1.82) is 0 Å². The maximum atomic E-state index is 12.6. The van der Waals surface area contributed by atoms with Gasteiger partial charge in [0.25, 0.3) is 5.91 Å². The molecule has 1 aromatic heterocycles. The predicted octanol–water partition coefficient (Wildman–Crippen LogP) is 1.68. The number of carbonyl (C=O) groups is 2. The van der Waals surface area contributed by atoms with Crippen LogP contribution in [-0.2, 0) is 15.1 Å². The number of hydrogen-bond acceptors (Lipinski definition) is 4. The zero-order chi connectivity index (χ0) is 18.6. The maximum absolute atomic E-state index is 12.6. The van der Waals surface area contributed by atoms with Crippen LogP contribution in [0.3, 0.4) is 0 Å². The van der Waals surface area contributed by atoms with E-state index in [1.165, 1.54) is 0 Å². The highest BCUT2D eigenvalue weighted by atomic mass is 35.5. The number of amides is 2. The van der Waals surface area contributed by atoms with Gasteiger partial charge in [0.2, 0.25) is 5.91 Å². The standard InChI is InChI=1S/C18H21ClN4O3/c1-20-17(25)18(23-10-4-8-21-23)7-3-9-22(13-18)16(24)12-26-15-6-2-5-14(19)11-15/h2,4-6,8,10-11H,3,7,9,12-13H2,1H3,(H,20,25). The van der Waals surface area contributed by atoms with E-state index in [0.29, 0.717) is 30.2 Å². The summed E-state index contributed by atoms with van der Waals surface area (Å²) in [6.07, 6.45) is 4.71. The third kappa shape index (κ3) is 3.67. The van der Waals surface area contributed by atoms with Gasteiger partial charge in [0.05, 0.1) is 6.54 Å². The van der Waals surface area contributed by atoms with Gasteiger partial charge in [0.15, 0.2) is 12.1 Å². The number of nitrogens with zero attached hydrogens (tertiary/aromatic N) is 3. The first-order valence-electron chi connectivity index (χ1n) is 8.43. The van der Waals surface area contributed by atoms with Gasteiger partial charge in [-0.1, -0.05) is 17.7 Å². The molecule has 2 aromatic rings. The first kappa shape index (κ1) is 18.3. The lowest BCUT2D eigenvalue weighted by Gasteiger charge is -2.41. The molecule has 2 heterocycles. The van der Waals surface area contributed by atoms with Crippen LogP contribution in [-0.4, -0.2) is 53.2 Å². The zero-order valence-corrected chi connectivity index (χ0v) is 15.3. The van der Waals surface area contributed by atoms with Crippen molar-refractivity contribution in [2.24, 2.45) is 0 Å². The van der Waals surface area contributed by atoms with E-state index in [0.717, 1.165) is 0 Å². The molecule has 3 rings (SSSR count). The van der Waals surface area contributed by atoms with Gasteiger partial charge in [-0.05, 0) is 37.1 Å². The molecule has 26 heavy (non-hydrogen) atoms. The maximum Gasteiger partial charge on any atom is 0.260 e. The number of ether oxygens (including phenoxy) is 1. The Morgan fingerprint density at radius 3 is 2.92 bits per heavy atom. The number of piperidine rings is 1. The van der Waals surface area contributed by atoms with E-state index < -0.39 is 5.54 Å². The molecule has 1 saturated heterocycles. The van der Waals surface area contributed by atoms with Gasteiger partial charge in [0.1, 0.15) is 5.75 Å². The Labute approximate surface area is 156 Å². The van der Waals surface area contributed by atoms with Crippen LogP contribution in [0.15, 0.2) is 42.7 Å². The second-order valence-electron chi connectivity index (χ2n) is 6.23. The molecule has 0 spiro atoms. The van der Waals surface area contributed by atoms with Crippen LogP contribution < -0.4 is 10.1 Å². The quantitative estimate of drug-likeness (QED) is 0.861. The number of hydrogen-bond donors (Lipinski definition) is 1. The molecule has 1 aliphatic heterocycles. The Balaban J connectivity index is 1.72. The number of likely N-dealkylation sites (tertiary alicyclic amines) is 1. The predicted molar refractivity (Wildman–Crippen MR) is 97.0 cm³/mol. The minimum absolute atomic E-state index is 0.108. The van der Waals surface area contributed by atoms with Crippen molar-refractivity contribution in [3.8, 4) is 5.75 Å².